The van der Waals surface area contributed by atoms with Gasteiger partial charge in [0.15, 0.2) is 0 Å². The molecule has 7 heteroatoms. The normalized spacial score (nSPS) is 17.3. The van der Waals surface area contributed by atoms with E-state index in [2.05, 4.69) is 0 Å². The van der Waals surface area contributed by atoms with E-state index in [9.17, 15) is 23.9 Å². The first kappa shape index (κ1) is 22.0. The molecule has 0 radical (unpaired) electrons. The lowest BCUT2D eigenvalue weighted by atomic mass is 9.95. The summed E-state index contributed by atoms with van der Waals surface area (Å²) in [5.41, 5.74) is 1.35. The van der Waals surface area contributed by atoms with E-state index >= 15 is 0 Å². The van der Waals surface area contributed by atoms with Crippen molar-refractivity contribution in [3.63, 3.8) is 0 Å². The predicted octanol–water partition coefficient (Wildman–Crippen LogP) is 4.63. The summed E-state index contributed by atoms with van der Waals surface area (Å²) >= 11 is 0. The molecule has 166 valence electrons. The number of esters is 1. The van der Waals surface area contributed by atoms with E-state index in [0.717, 1.165) is 0 Å². The zero-order chi connectivity index (χ0) is 23.5. The average molecular weight is 445 g/mol. The number of Topliss-reactive ketones (excluding diaryl/α,β-unsaturated/α-hetero) is 1. The smallest absolute Gasteiger partial charge is 0.338 e. The minimum atomic E-state index is -0.987. The topological polar surface area (TPSA) is 83.9 Å². The molecule has 3 aromatic carbocycles. The number of rotatable bonds is 5. The molecule has 1 amide bonds. The van der Waals surface area contributed by atoms with Gasteiger partial charge in [0.05, 0.1) is 23.8 Å². The van der Waals surface area contributed by atoms with Crippen LogP contribution in [-0.2, 0) is 14.3 Å². The number of ether oxygens (including phenoxy) is 1. The molecular formula is C26H20FNO5. The second-order valence-electron chi connectivity index (χ2n) is 7.35. The van der Waals surface area contributed by atoms with Crippen molar-refractivity contribution in [2.45, 2.75) is 13.0 Å². The Morgan fingerprint density at radius 1 is 0.939 bits per heavy atom. The zero-order valence-corrected chi connectivity index (χ0v) is 17.7. The van der Waals surface area contributed by atoms with E-state index in [1.807, 2.05) is 0 Å². The molecule has 1 unspecified atom stereocenters. The van der Waals surface area contributed by atoms with Crippen LogP contribution in [0.3, 0.4) is 0 Å². The monoisotopic (exact) mass is 445 g/mol. The Hall–Kier alpha value is -4.26. The summed E-state index contributed by atoms with van der Waals surface area (Å²) in [5, 5.41) is 11.0. The Kier molecular flexibility index (Phi) is 6.04. The molecule has 6 nitrogen and oxygen atoms in total. The van der Waals surface area contributed by atoms with Gasteiger partial charge in [-0.1, -0.05) is 42.5 Å². The fourth-order valence-electron chi connectivity index (χ4n) is 3.78. The first-order valence-corrected chi connectivity index (χ1v) is 10.3. The third-order valence-corrected chi connectivity index (χ3v) is 5.33. The van der Waals surface area contributed by atoms with Crippen LogP contribution < -0.4 is 4.90 Å². The van der Waals surface area contributed by atoms with E-state index < -0.39 is 29.5 Å². The molecule has 1 N–H and O–H groups in total. The summed E-state index contributed by atoms with van der Waals surface area (Å²) in [4.78, 5) is 39.4. The lowest BCUT2D eigenvalue weighted by Gasteiger charge is -2.25. The van der Waals surface area contributed by atoms with Crippen LogP contribution in [0.5, 0.6) is 0 Å². The Bertz CT molecular complexity index is 1230. The molecule has 1 fully saturated rings. The second-order valence-corrected chi connectivity index (χ2v) is 7.35. The second kappa shape index (κ2) is 9.08. The number of ketones is 1. The molecule has 4 rings (SSSR count). The van der Waals surface area contributed by atoms with Gasteiger partial charge in [-0.2, -0.15) is 0 Å². The van der Waals surface area contributed by atoms with Gasteiger partial charge >= 0.3 is 5.97 Å². The van der Waals surface area contributed by atoms with Crippen LogP contribution in [0, 0.1) is 5.82 Å². The van der Waals surface area contributed by atoms with Gasteiger partial charge in [0, 0.05) is 11.3 Å². The van der Waals surface area contributed by atoms with Crippen LogP contribution >= 0.6 is 0 Å². The number of hydrogen-bond acceptors (Lipinski definition) is 5. The van der Waals surface area contributed by atoms with Crippen LogP contribution in [0.1, 0.15) is 34.5 Å². The van der Waals surface area contributed by atoms with Crippen molar-refractivity contribution in [1.82, 2.24) is 0 Å². The van der Waals surface area contributed by atoms with Gasteiger partial charge in [0.1, 0.15) is 11.6 Å². The first-order chi connectivity index (χ1) is 15.9. The fourth-order valence-corrected chi connectivity index (χ4v) is 3.78. The lowest BCUT2D eigenvalue weighted by molar-refractivity contribution is -0.132. The third kappa shape index (κ3) is 4.13. The summed E-state index contributed by atoms with van der Waals surface area (Å²) < 4.78 is 18.6. The molecule has 1 atom stereocenters. The first-order valence-electron chi connectivity index (χ1n) is 10.3. The lowest BCUT2D eigenvalue weighted by Crippen LogP contribution is -2.29. The van der Waals surface area contributed by atoms with Gasteiger partial charge in [-0.15, -0.1) is 0 Å². The van der Waals surface area contributed by atoms with Crippen LogP contribution in [0.2, 0.25) is 0 Å². The maximum Gasteiger partial charge on any atom is 0.338 e. The maximum absolute atomic E-state index is 13.6. The van der Waals surface area contributed by atoms with Crippen LogP contribution in [0.25, 0.3) is 5.76 Å². The van der Waals surface area contributed by atoms with Crippen molar-refractivity contribution >= 4 is 29.1 Å². The average Bonchev–Trinajstić information content (AvgIpc) is 3.10. The Morgan fingerprint density at radius 2 is 1.58 bits per heavy atom. The number of carbonyl (C=O) groups is 3. The molecule has 0 aromatic heterocycles. The highest BCUT2D eigenvalue weighted by Gasteiger charge is 2.47. The number of benzene rings is 3. The van der Waals surface area contributed by atoms with Crippen molar-refractivity contribution in [2.24, 2.45) is 0 Å². The summed E-state index contributed by atoms with van der Waals surface area (Å²) in [6, 6.07) is 18.8. The largest absolute Gasteiger partial charge is 0.507 e. The van der Waals surface area contributed by atoms with Gasteiger partial charge in [-0.05, 0) is 48.9 Å². The molecular weight excluding hydrogens is 425 g/mol. The number of aliphatic hydroxyl groups is 1. The maximum atomic E-state index is 13.6. The minimum Gasteiger partial charge on any atom is -0.507 e. The molecule has 0 aliphatic carbocycles. The zero-order valence-electron chi connectivity index (χ0n) is 17.7. The summed E-state index contributed by atoms with van der Waals surface area (Å²) in [5.74, 6) is -3.01. The van der Waals surface area contributed by atoms with E-state index in [1.165, 1.54) is 53.4 Å². The number of amides is 1. The highest BCUT2D eigenvalue weighted by molar-refractivity contribution is 6.51. The number of hydrogen-bond donors (Lipinski definition) is 1. The standard InChI is InChI=1S/C26H20FNO5/c1-2-33-26(32)18-10-14-20(15-11-18)28-22(16-8-12-19(27)13-9-16)21(24(30)25(28)31)23(29)17-6-4-3-5-7-17/h3-15,22,29H,2H2,1H3. The molecule has 1 heterocycles. The third-order valence-electron chi connectivity index (χ3n) is 5.33. The van der Waals surface area contributed by atoms with Crippen molar-refractivity contribution in [1.29, 1.82) is 0 Å². The van der Waals surface area contributed by atoms with E-state index in [-0.39, 0.29) is 17.9 Å². The van der Waals surface area contributed by atoms with Crippen molar-refractivity contribution in [3.8, 4) is 0 Å². The van der Waals surface area contributed by atoms with Crippen molar-refractivity contribution < 1.29 is 28.6 Å². The van der Waals surface area contributed by atoms with Gasteiger partial charge in [0.2, 0.25) is 0 Å². The Morgan fingerprint density at radius 3 is 2.18 bits per heavy atom. The van der Waals surface area contributed by atoms with Gasteiger partial charge < -0.3 is 9.84 Å². The highest BCUT2D eigenvalue weighted by Crippen LogP contribution is 2.42. The van der Waals surface area contributed by atoms with Gasteiger partial charge in [0.25, 0.3) is 11.7 Å². The van der Waals surface area contributed by atoms with Crippen LogP contribution in [0.15, 0.2) is 84.4 Å². The molecule has 1 aliphatic rings. The SMILES string of the molecule is CCOC(=O)c1ccc(N2C(=O)C(=O)C(=C(O)c3ccccc3)C2c2ccc(F)cc2)cc1. The predicted molar refractivity (Wildman–Crippen MR) is 120 cm³/mol. The quantitative estimate of drug-likeness (QED) is 0.268. The molecule has 33 heavy (non-hydrogen) atoms. The summed E-state index contributed by atoms with van der Waals surface area (Å²) in [6.07, 6.45) is 0. The van der Waals surface area contributed by atoms with E-state index in [1.54, 1.807) is 37.3 Å². The van der Waals surface area contributed by atoms with Crippen molar-refractivity contribution in [2.75, 3.05) is 11.5 Å². The summed E-state index contributed by atoms with van der Waals surface area (Å²) in [7, 11) is 0. The Balaban J connectivity index is 1.85. The molecule has 0 saturated carbocycles. The van der Waals surface area contributed by atoms with E-state index in [4.69, 9.17) is 4.74 Å². The van der Waals surface area contributed by atoms with Gasteiger partial charge in [-0.3, -0.25) is 14.5 Å². The number of aliphatic hydroxyl groups excluding tert-OH is 1. The molecule has 1 saturated heterocycles. The van der Waals surface area contributed by atoms with Crippen molar-refractivity contribution in [3.05, 3.63) is 107 Å². The fraction of sp³-hybridized carbons (Fsp3) is 0.115. The number of nitrogens with zero attached hydrogens (tertiary/aromatic N) is 1. The highest BCUT2D eigenvalue weighted by atomic mass is 19.1. The van der Waals surface area contributed by atoms with Gasteiger partial charge in [-0.25, -0.2) is 9.18 Å². The minimum absolute atomic E-state index is 0.104. The number of halogens is 1. The molecule has 0 bridgehead atoms. The summed E-state index contributed by atoms with van der Waals surface area (Å²) in [6.45, 7) is 1.92. The Labute approximate surface area is 189 Å². The molecule has 1 aliphatic heterocycles. The van der Waals surface area contributed by atoms with Crippen LogP contribution in [0.4, 0.5) is 10.1 Å². The molecule has 3 aromatic rings. The number of carbonyl (C=O) groups excluding carboxylic acids is 3. The molecule has 0 spiro atoms. The number of anilines is 1. The van der Waals surface area contributed by atoms with E-state index in [0.29, 0.717) is 22.4 Å². The van der Waals surface area contributed by atoms with Crippen LogP contribution in [-0.4, -0.2) is 29.4 Å².